The predicted octanol–water partition coefficient (Wildman–Crippen LogP) is 1.20. The molecule has 0 saturated carbocycles. The van der Waals surface area contributed by atoms with E-state index in [1.807, 2.05) is 30.3 Å². The summed E-state index contributed by atoms with van der Waals surface area (Å²) in [5, 5.41) is 33.8. The summed E-state index contributed by atoms with van der Waals surface area (Å²) in [6, 6.07) is 13.2. The highest BCUT2D eigenvalue weighted by Gasteiger charge is 2.68. The minimum absolute atomic E-state index is 0.0217. The molecular weight excluding hydrogens is 418 g/mol. The van der Waals surface area contributed by atoms with E-state index in [1.165, 1.54) is 18.2 Å². The number of carboxylic acids is 1. The number of nitro groups is 1. The van der Waals surface area contributed by atoms with Crippen LogP contribution in [0, 0.1) is 22.0 Å². The van der Waals surface area contributed by atoms with E-state index in [0.29, 0.717) is 0 Å². The van der Waals surface area contributed by atoms with Gasteiger partial charge in [-0.15, -0.1) is 0 Å². The lowest BCUT2D eigenvalue weighted by atomic mass is 9.80. The molecule has 4 atom stereocenters. The zero-order valence-corrected chi connectivity index (χ0v) is 16.6. The van der Waals surface area contributed by atoms with Crippen LogP contribution in [-0.2, 0) is 14.4 Å². The van der Waals surface area contributed by atoms with Crippen molar-refractivity contribution in [3.8, 4) is 0 Å². The van der Waals surface area contributed by atoms with Crippen molar-refractivity contribution in [3.63, 3.8) is 0 Å². The number of rotatable bonds is 6. The van der Waals surface area contributed by atoms with Crippen molar-refractivity contribution in [2.24, 2.45) is 11.8 Å². The highest BCUT2D eigenvalue weighted by atomic mass is 16.6. The molecule has 2 heterocycles. The number of fused-ring (bicyclic) bond motifs is 1. The van der Waals surface area contributed by atoms with Crippen molar-refractivity contribution in [2.45, 2.75) is 11.6 Å². The SMILES string of the molecule is O=C1C2C(/C=C/c3ccccc3)NC(CO)(C(=O)O)C2C(=O)N1c1cccc([N+](=O)[O-])c1. The van der Waals surface area contributed by atoms with E-state index in [2.05, 4.69) is 5.32 Å². The number of benzene rings is 2. The van der Waals surface area contributed by atoms with Gasteiger partial charge in [-0.1, -0.05) is 48.6 Å². The zero-order chi connectivity index (χ0) is 23.0. The summed E-state index contributed by atoms with van der Waals surface area (Å²) in [4.78, 5) is 50.0. The molecule has 2 aliphatic heterocycles. The van der Waals surface area contributed by atoms with Crippen LogP contribution in [-0.4, -0.2) is 51.1 Å². The first kappa shape index (κ1) is 21.3. The molecule has 0 bridgehead atoms. The smallest absolute Gasteiger partial charge is 0.327 e. The molecular formula is C22H19N3O7. The van der Waals surface area contributed by atoms with Gasteiger partial charge in [-0.05, 0) is 11.6 Å². The number of carboxylic acid groups (broad SMARTS) is 1. The quantitative estimate of drug-likeness (QED) is 0.347. The number of aliphatic carboxylic acids is 1. The van der Waals surface area contributed by atoms with Gasteiger partial charge >= 0.3 is 5.97 Å². The summed E-state index contributed by atoms with van der Waals surface area (Å²) in [7, 11) is 0. The van der Waals surface area contributed by atoms with Crippen LogP contribution in [0.4, 0.5) is 11.4 Å². The molecule has 3 N–H and O–H groups in total. The molecule has 10 heteroatoms. The Balaban J connectivity index is 1.77. The topological polar surface area (TPSA) is 150 Å². The summed E-state index contributed by atoms with van der Waals surface area (Å²) in [6.07, 6.45) is 3.29. The van der Waals surface area contributed by atoms with E-state index >= 15 is 0 Å². The van der Waals surface area contributed by atoms with E-state index in [9.17, 15) is 34.7 Å². The number of nitrogens with zero attached hydrogens (tertiary/aromatic N) is 2. The Morgan fingerprint density at radius 3 is 2.50 bits per heavy atom. The predicted molar refractivity (Wildman–Crippen MR) is 112 cm³/mol. The van der Waals surface area contributed by atoms with Gasteiger partial charge in [0.15, 0.2) is 5.54 Å². The number of amides is 2. The average Bonchev–Trinajstić information content (AvgIpc) is 3.27. The molecule has 0 aliphatic carbocycles. The monoisotopic (exact) mass is 437 g/mol. The third-order valence-corrected chi connectivity index (χ3v) is 5.92. The van der Waals surface area contributed by atoms with Gasteiger partial charge in [0.25, 0.3) is 5.69 Å². The van der Waals surface area contributed by atoms with Crippen LogP contribution in [0.5, 0.6) is 0 Å². The average molecular weight is 437 g/mol. The molecule has 2 amide bonds. The fourth-order valence-electron chi connectivity index (χ4n) is 4.40. The maximum Gasteiger partial charge on any atom is 0.327 e. The second kappa shape index (κ2) is 7.98. The van der Waals surface area contributed by atoms with Crippen molar-refractivity contribution >= 4 is 35.2 Å². The standard InChI is InChI=1S/C22H19N3O7/c26-12-22(21(29)30)18-17(16(23-22)10-9-13-5-2-1-3-6-13)19(27)24(20(18)28)14-7-4-8-15(11-14)25(31)32/h1-11,16-18,23,26H,12H2,(H,29,30)/b10-9+. The molecule has 32 heavy (non-hydrogen) atoms. The summed E-state index contributed by atoms with van der Waals surface area (Å²) >= 11 is 0. The Hall–Kier alpha value is -3.89. The number of aliphatic hydroxyl groups excluding tert-OH is 1. The number of aliphatic hydroxyl groups is 1. The summed E-state index contributed by atoms with van der Waals surface area (Å²) in [5.41, 5.74) is -1.61. The fourth-order valence-corrected chi connectivity index (χ4v) is 4.40. The van der Waals surface area contributed by atoms with Gasteiger partial charge in [-0.2, -0.15) is 0 Å². The van der Waals surface area contributed by atoms with Gasteiger partial charge in [0.05, 0.1) is 29.1 Å². The zero-order valence-electron chi connectivity index (χ0n) is 16.6. The van der Waals surface area contributed by atoms with Gasteiger partial charge in [-0.25, -0.2) is 4.90 Å². The first-order valence-electron chi connectivity index (χ1n) is 9.77. The number of carbonyl (C=O) groups is 3. The second-order valence-electron chi connectivity index (χ2n) is 7.67. The summed E-state index contributed by atoms with van der Waals surface area (Å²) in [5.74, 6) is -5.48. The Labute approximate surface area is 181 Å². The molecule has 2 fully saturated rings. The molecule has 0 aromatic heterocycles. The molecule has 0 radical (unpaired) electrons. The fraction of sp³-hybridized carbons (Fsp3) is 0.227. The molecule has 2 saturated heterocycles. The third-order valence-electron chi connectivity index (χ3n) is 5.92. The number of non-ortho nitro benzene ring substituents is 1. The maximum absolute atomic E-state index is 13.3. The Morgan fingerprint density at radius 1 is 1.16 bits per heavy atom. The van der Waals surface area contributed by atoms with Gasteiger partial charge in [0.2, 0.25) is 11.8 Å². The lowest BCUT2D eigenvalue weighted by Gasteiger charge is -2.28. The number of hydrogen-bond acceptors (Lipinski definition) is 7. The van der Waals surface area contributed by atoms with Crippen LogP contribution in [0.25, 0.3) is 6.08 Å². The molecule has 2 aromatic carbocycles. The van der Waals surface area contributed by atoms with Crippen molar-refractivity contribution in [3.05, 3.63) is 76.4 Å². The first-order valence-corrected chi connectivity index (χ1v) is 9.77. The van der Waals surface area contributed by atoms with Crippen molar-refractivity contribution in [1.82, 2.24) is 5.32 Å². The maximum atomic E-state index is 13.3. The first-order chi connectivity index (χ1) is 15.3. The Kier molecular flexibility index (Phi) is 5.33. The number of anilines is 1. The third kappa shape index (κ3) is 3.26. The van der Waals surface area contributed by atoms with E-state index < -0.39 is 52.7 Å². The van der Waals surface area contributed by atoms with E-state index in [-0.39, 0.29) is 11.4 Å². The van der Waals surface area contributed by atoms with Crippen LogP contribution >= 0.6 is 0 Å². The van der Waals surface area contributed by atoms with Crippen LogP contribution < -0.4 is 10.2 Å². The normalized spacial score (nSPS) is 27.2. The number of nitro benzene ring substituents is 1. The number of carbonyl (C=O) groups excluding carboxylic acids is 2. The van der Waals surface area contributed by atoms with Crippen LogP contribution in [0.3, 0.4) is 0 Å². The van der Waals surface area contributed by atoms with Gasteiger partial charge in [0, 0.05) is 18.2 Å². The highest BCUT2D eigenvalue weighted by Crippen LogP contribution is 2.45. The van der Waals surface area contributed by atoms with Crippen LogP contribution in [0.1, 0.15) is 5.56 Å². The van der Waals surface area contributed by atoms with Gasteiger partial charge in [0.1, 0.15) is 0 Å². The minimum Gasteiger partial charge on any atom is -0.480 e. The molecule has 10 nitrogen and oxygen atoms in total. The summed E-state index contributed by atoms with van der Waals surface area (Å²) in [6.45, 7) is -0.916. The molecule has 4 rings (SSSR count). The van der Waals surface area contributed by atoms with Crippen molar-refractivity contribution < 1.29 is 29.5 Å². The van der Waals surface area contributed by atoms with Crippen molar-refractivity contribution in [1.29, 1.82) is 0 Å². The number of hydrogen-bond donors (Lipinski definition) is 3. The second-order valence-corrected chi connectivity index (χ2v) is 7.67. The highest BCUT2D eigenvalue weighted by molar-refractivity contribution is 6.24. The largest absolute Gasteiger partial charge is 0.480 e. The number of nitrogens with one attached hydrogen (secondary N) is 1. The van der Waals surface area contributed by atoms with Gasteiger partial charge in [-0.3, -0.25) is 29.8 Å². The Bertz CT molecular complexity index is 1130. The van der Waals surface area contributed by atoms with E-state index in [4.69, 9.17) is 0 Å². The molecule has 164 valence electrons. The molecule has 2 aliphatic rings. The van der Waals surface area contributed by atoms with Crippen LogP contribution in [0.15, 0.2) is 60.7 Å². The van der Waals surface area contributed by atoms with Gasteiger partial charge < -0.3 is 10.2 Å². The lowest BCUT2D eigenvalue weighted by Crippen LogP contribution is -2.59. The van der Waals surface area contributed by atoms with E-state index in [0.717, 1.165) is 16.5 Å². The lowest BCUT2D eigenvalue weighted by molar-refractivity contribution is -0.384. The molecule has 4 unspecified atom stereocenters. The van der Waals surface area contributed by atoms with E-state index in [1.54, 1.807) is 12.2 Å². The molecule has 2 aromatic rings. The molecule has 0 spiro atoms. The Morgan fingerprint density at radius 2 is 1.88 bits per heavy atom. The van der Waals surface area contributed by atoms with Crippen LogP contribution in [0.2, 0.25) is 0 Å². The minimum atomic E-state index is -2.07. The number of imide groups is 1. The van der Waals surface area contributed by atoms with Crippen molar-refractivity contribution in [2.75, 3.05) is 11.5 Å². The summed E-state index contributed by atoms with van der Waals surface area (Å²) < 4.78 is 0.